The van der Waals surface area contributed by atoms with Crippen LogP contribution in [-0.4, -0.2) is 11.0 Å². The fraction of sp³-hybridized carbons (Fsp3) is 0.353. The first kappa shape index (κ1) is 14.3. The summed E-state index contributed by atoms with van der Waals surface area (Å²) in [6, 6.07) is 7.36. The smallest absolute Gasteiger partial charge is 0.256 e. The van der Waals surface area contributed by atoms with Crippen LogP contribution in [0.2, 0.25) is 0 Å². The van der Waals surface area contributed by atoms with Gasteiger partial charge in [0.15, 0.2) is 0 Å². The third-order valence-electron chi connectivity index (χ3n) is 4.08. The highest BCUT2D eigenvalue weighted by atomic mass is 32.1. The van der Waals surface area contributed by atoms with E-state index in [-0.39, 0.29) is 12.5 Å². The lowest BCUT2D eigenvalue weighted by Gasteiger charge is -2.19. The number of nitrogens with one attached hydrogen (secondary N) is 1. The number of benzene rings is 1. The molecule has 4 heteroatoms. The molecule has 21 heavy (non-hydrogen) atoms. The number of hydrogen-bond acceptors (Lipinski definition) is 3. The van der Waals surface area contributed by atoms with Crippen molar-refractivity contribution in [2.24, 2.45) is 5.92 Å². The third kappa shape index (κ3) is 2.87. The number of aliphatic hydroxyl groups excluding tert-OH is 1. The Morgan fingerprint density at radius 2 is 2.24 bits per heavy atom. The molecule has 1 aromatic heterocycles. The molecule has 110 valence electrons. The molecule has 1 atom stereocenters. The zero-order valence-corrected chi connectivity index (χ0v) is 12.9. The van der Waals surface area contributed by atoms with Crippen LogP contribution in [0, 0.1) is 5.92 Å². The monoisotopic (exact) mass is 301 g/mol. The number of anilines is 1. The van der Waals surface area contributed by atoms with Crippen LogP contribution in [0.5, 0.6) is 0 Å². The molecule has 3 rings (SSSR count). The summed E-state index contributed by atoms with van der Waals surface area (Å²) in [6.07, 6.45) is 3.22. The Hall–Kier alpha value is -1.65. The van der Waals surface area contributed by atoms with Gasteiger partial charge in [0.05, 0.1) is 12.2 Å². The molecule has 0 saturated carbocycles. The van der Waals surface area contributed by atoms with Crippen molar-refractivity contribution in [2.75, 3.05) is 5.32 Å². The van der Waals surface area contributed by atoms with Gasteiger partial charge in [-0.15, -0.1) is 11.3 Å². The normalized spacial score (nSPS) is 17.3. The van der Waals surface area contributed by atoms with Crippen LogP contribution in [0.15, 0.2) is 29.6 Å². The Kier molecular flexibility index (Phi) is 4.08. The van der Waals surface area contributed by atoms with Crippen molar-refractivity contribution >= 4 is 22.9 Å². The van der Waals surface area contributed by atoms with E-state index >= 15 is 0 Å². The average Bonchev–Trinajstić information content (AvgIpc) is 2.90. The number of fused-ring (bicyclic) bond motifs is 1. The molecule has 3 nitrogen and oxygen atoms in total. The maximum atomic E-state index is 12.5. The summed E-state index contributed by atoms with van der Waals surface area (Å²) in [6.45, 7) is 2.19. The highest BCUT2D eigenvalue weighted by Gasteiger charge is 2.23. The van der Waals surface area contributed by atoms with Crippen LogP contribution in [0.1, 0.15) is 39.7 Å². The lowest BCUT2D eigenvalue weighted by atomic mass is 9.88. The van der Waals surface area contributed by atoms with Crippen molar-refractivity contribution < 1.29 is 9.90 Å². The molecule has 1 aliphatic rings. The number of amides is 1. The van der Waals surface area contributed by atoms with E-state index in [1.165, 1.54) is 10.4 Å². The Labute approximate surface area is 128 Å². The second-order valence-corrected chi connectivity index (χ2v) is 6.63. The van der Waals surface area contributed by atoms with Crippen molar-refractivity contribution in [3.05, 3.63) is 51.2 Å². The minimum atomic E-state index is -0.0737. The number of para-hydroxylation sites is 1. The van der Waals surface area contributed by atoms with E-state index in [2.05, 4.69) is 12.2 Å². The molecule has 0 radical (unpaired) electrons. The number of thiophene rings is 1. The first-order valence-corrected chi connectivity index (χ1v) is 8.16. The standard InChI is InChI=1S/C17H19NO2S/c1-11-6-7-13-14(10-21-16(13)8-11)17(20)18-15-5-3-2-4-12(15)9-19/h2-5,10-11,19H,6-9H2,1H3,(H,18,20). The lowest BCUT2D eigenvalue weighted by Crippen LogP contribution is -2.17. The van der Waals surface area contributed by atoms with E-state index in [1.54, 1.807) is 11.3 Å². The summed E-state index contributed by atoms with van der Waals surface area (Å²) in [5, 5.41) is 14.2. The van der Waals surface area contributed by atoms with Crippen molar-refractivity contribution in [1.82, 2.24) is 0 Å². The van der Waals surface area contributed by atoms with Crippen LogP contribution in [-0.2, 0) is 19.4 Å². The van der Waals surface area contributed by atoms with E-state index in [9.17, 15) is 9.90 Å². The topological polar surface area (TPSA) is 49.3 Å². The fourth-order valence-corrected chi connectivity index (χ4v) is 4.08. The molecule has 2 N–H and O–H groups in total. The number of hydrogen-bond donors (Lipinski definition) is 2. The van der Waals surface area contributed by atoms with E-state index in [4.69, 9.17) is 0 Å². The Morgan fingerprint density at radius 3 is 3.05 bits per heavy atom. The average molecular weight is 301 g/mol. The molecular formula is C17H19NO2S. The lowest BCUT2D eigenvalue weighted by molar-refractivity contribution is 0.102. The molecule has 2 aromatic rings. The van der Waals surface area contributed by atoms with Gasteiger partial charge in [-0.2, -0.15) is 0 Å². The van der Waals surface area contributed by atoms with Gasteiger partial charge in [-0.3, -0.25) is 4.79 Å². The van der Waals surface area contributed by atoms with Gasteiger partial charge in [-0.25, -0.2) is 0 Å². The second-order valence-electron chi connectivity index (χ2n) is 5.67. The van der Waals surface area contributed by atoms with Gasteiger partial charge in [0, 0.05) is 21.5 Å². The van der Waals surface area contributed by atoms with E-state index in [0.717, 1.165) is 30.4 Å². The predicted octanol–water partition coefficient (Wildman–Crippen LogP) is 3.62. The highest BCUT2D eigenvalue weighted by Crippen LogP contribution is 2.33. The number of aliphatic hydroxyl groups is 1. The van der Waals surface area contributed by atoms with Crippen LogP contribution in [0.3, 0.4) is 0 Å². The van der Waals surface area contributed by atoms with E-state index in [1.807, 2.05) is 29.6 Å². The van der Waals surface area contributed by atoms with Crippen molar-refractivity contribution in [2.45, 2.75) is 32.8 Å². The maximum Gasteiger partial charge on any atom is 0.256 e. The maximum absolute atomic E-state index is 12.5. The molecule has 0 spiro atoms. The Balaban J connectivity index is 1.83. The Bertz CT molecular complexity index is 663. The van der Waals surface area contributed by atoms with Gasteiger partial charge in [-0.1, -0.05) is 25.1 Å². The molecule has 0 bridgehead atoms. The summed E-state index contributed by atoms with van der Waals surface area (Å²) in [5.41, 5.74) is 3.45. The predicted molar refractivity (Wildman–Crippen MR) is 85.8 cm³/mol. The molecule has 1 unspecified atom stereocenters. The zero-order chi connectivity index (χ0) is 14.8. The largest absolute Gasteiger partial charge is 0.392 e. The van der Waals surface area contributed by atoms with Crippen molar-refractivity contribution in [3.63, 3.8) is 0 Å². The van der Waals surface area contributed by atoms with Crippen LogP contribution in [0.25, 0.3) is 0 Å². The summed E-state index contributed by atoms with van der Waals surface area (Å²) < 4.78 is 0. The first-order chi connectivity index (χ1) is 10.2. The first-order valence-electron chi connectivity index (χ1n) is 7.28. The second kappa shape index (κ2) is 6.00. The van der Waals surface area contributed by atoms with Crippen LogP contribution < -0.4 is 5.32 Å². The molecule has 0 fully saturated rings. The number of carbonyl (C=O) groups is 1. The fourth-order valence-electron chi connectivity index (χ4n) is 2.84. The van der Waals surface area contributed by atoms with Crippen molar-refractivity contribution in [3.8, 4) is 0 Å². The van der Waals surface area contributed by atoms with Gasteiger partial charge in [0.1, 0.15) is 0 Å². The zero-order valence-electron chi connectivity index (χ0n) is 12.1. The molecule has 1 heterocycles. The van der Waals surface area contributed by atoms with Crippen LogP contribution in [0.4, 0.5) is 5.69 Å². The molecule has 0 aliphatic heterocycles. The number of rotatable bonds is 3. The quantitative estimate of drug-likeness (QED) is 0.909. The van der Waals surface area contributed by atoms with Gasteiger partial charge in [0.25, 0.3) is 5.91 Å². The van der Waals surface area contributed by atoms with Crippen molar-refractivity contribution in [1.29, 1.82) is 0 Å². The summed E-state index contributed by atoms with van der Waals surface area (Å²) >= 11 is 1.69. The number of carbonyl (C=O) groups excluding carboxylic acids is 1. The SMILES string of the molecule is CC1CCc2c(C(=O)Nc3ccccc3CO)csc2C1. The minimum Gasteiger partial charge on any atom is -0.392 e. The molecule has 0 saturated heterocycles. The summed E-state index contributed by atoms with van der Waals surface area (Å²) in [5.74, 6) is 0.644. The summed E-state index contributed by atoms with van der Waals surface area (Å²) in [4.78, 5) is 13.9. The molecule has 1 amide bonds. The molecule has 1 aliphatic carbocycles. The molecule has 1 aromatic carbocycles. The van der Waals surface area contributed by atoms with Gasteiger partial charge < -0.3 is 10.4 Å². The van der Waals surface area contributed by atoms with E-state index < -0.39 is 0 Å². The minimum absolute atomic E-state index is 0.0667. The van der Waals surface area contributed by atoms with Gasteiger partial charge in [-0.05, 0) is 36.8 Å². The van der Waals surface area contributed by atoms with Gasteiger partial charge >= 0.3 is 0 Å². The highest BCUT2D eigenvalue weighted by molar-refractivity contribution is 7.10. The molecular weight excluding hydrogens is 282 g/mol. The summed E-state index contributed by atoms with van der Waals surface area (Å²) in [7, 11) is 0. The third-order valence-corrected chi connectivity index (χ3v) is 5.13. The van der Waals surface area contributed by atoms with Gasteiger partial charge in [0.2, 0.25) is 0 Å². The van der Waals surface area contributed by atoms with E-state index in [0.29, 0.717) is 11.6 Å². The Morgan fingerprint density at radius 1 is 1.43 bits per heavy atom. The van der Waals surface area contributed by atoms with Crippen LogP contribution >= 0.6 is 11.3 Å².